The summed E-state index contributed by atoms with van der Waals surface area (Å²) in [6.07, 6.45) is 3.75. The summed E-state index contributed by atoms with van der Waals surface area (Å²) in [5.41, 5.74) is 7.58. The fourth-order valence-corrected chi connectivity index (χ4v) is 3.31. The second-order valence-electron chi connectivity index (χ2n) is 5.65. The van der Waals surface area contributed by atoms with Gasteiger partial charge in [0.05, 0.1) is 12.1 Å². The molecular weight excluding hydrogens is 254 g/mol. The van der Waals surface area contributed by atoms with E-state index in [4.69, 9.17) is 10.3 Å². The SMILES string of the molecule is CCN(C(=O)Cc1c(C)noc1C)C1CCCC1CN. The van der Waals surface area contributed by atoms with Crippen LogP contribution in [0.3, 0.4) is 0 Å². The van der Waals surface area contributed by atoms with E-state index in [1.165, 1.54) is 6.42 Å². The summed E-state index contributed by atoms with van der Waals surface area (Å²) in [6.45, 7) is 7.19. The normalized spacial score (nSPS) is 22.2. The molecule has 1 aliphatic carbocycles. The number of likely N-dealkylation sites (N-methyl/N-ethyl adjacent to an activating group) is 1. The van der Waals surface area contributed by atoms with Crippen molar-refractivity contribution in [3.63, 3.8) is 0 Å². The van der Waals surface area contributed by atoms with E-state index in [0.29, 0.717) is 24.9 Å². The monoisotopic (exact) mass is 279 g/mol. The Labute approximate surface area is 120 Å². The van der Waals surface area contributed by atoms with E-state index in [-0.39, 0.29) is 5.91 Å². The van der Waals surface area contributed by atoms with E-state index >= 15 is 0 Å². The molecule has 5 heteroatoms. The van der Waals surface area contributed by atoms with Crippen LogP contribution in [-0.2, 0) is 11.2 Å². The van der Waals surface area contributed by atoms with Gasteiger partial charge in [0.1, 0.15) is 5.76 Å². The summed E-state index contributed by atoms with van der Waals surface area (Å²) in [7, 11) is 0. The van der Waals surface area contributed by atoms with Gasteiger partial charge < -0.3 is 15.2 Å². The largest absolute Gasteiger partial charge is 0.361 e. The van der Waals surface area contributed by atoms with Crippen LogP contribution in [0, 0.1) is 19.8 Å². The minimum atomic E-state index is 0.159. The first kappa shape index (κ1) is 15.0. The quantitative estimate of drug-likeness (QED) is 0.892. The predicted molar refractivity (Wildman–Crippen MR) is 77.3 cm³/mol. The first-order valence-electron chi connectivity index (χ1n) is 7.49. The molecule has 20 heavy (non-hydrogen) atoms. The molecule has 1 aromatic rings. The number of aromatic nitrogens is 1. The molecule has 1 fully saturated rings. The van der Waals surface area contributed by atoms with Crippen LogP contribution in [0.4, 0.5) is 0 Å². The van der Waals surface area contributed by atoms with Gasteiger partial charge in [0.25, 0.3) is 0 Å². The highest BCUT2D eigenvalue weighted by Gasteiger charge is 2.33. The molecule has 1 aliphatic rings. The molecule has 2 unspecified atom stereocenters. The molecule has 5 nitrogen and oxygen atoms in total. The maximum atomic E-state index is 12.6. The van der Waals surface area contributed by atoms with Crippen LogP contribution in [0.5, 0.6) is 0 Å². The number of rotatable bonds is 5. The predicted octanol–water partition coefficient (Wildman–Crippen LogP) is 1.81. The smallest absolute Gasteiger partial charge is 0.227 e. The first-order valence-corrected chi connectivity index (χ1v) is 7.49. The van der Waals surface area contributed by atoms with Gasteiger partial charge >= 0.3 is 0 Å². The third kappa shape index (κ3) is 2.87. The van der Waals surface area contributed by atoms with E-state index in [1.807, 2.05) is 25.7 Å². The number of hydrogen-bond donors (Lipinski definition) is 1. The van der Waals surface area contributed by atoms with Gasteiger partial charge in [0.15, 0.2) is 0 Å². The van der Waals surface area contributed by atoms with Crippen molar-refractivity contribution in [3.05, 3.63) is 17.0 Å². The zero-order valence-electron chi connectivity index (χ0n) is 12.7. The van der Waals surface area contributed by atoms with Gasteiger partial charge in [-0.15, -0.1) is 0 Å². The molecule has 0 spiro atoms. The fraction of sp³-hybridized carbons (Fsp3) is 0.733. The molecule has 1 amide bonds. The fourth-order valence-electron chi connectivity index (χ4n) is 3.31. The molecule has 112 valence electrons. The topological polar surface area (TPSA) is 72.4 Å². The molecule has 2 rings (SSSR count). The maximum absolute atomic E-state index is 12.6. The summed E-state index contributed by atoms with van der Waals surface area (Å²) >= 11 is 0. The Morgan fingerprint density at radius 2 is 2.20 bits per heavy atom. The number of carbonyl (C=O) groups is 1. The summed E-state index contributed by atoms with van der Waals surface area (Å²) in [6, 6.07) is 0.304. The van der Waals surface area contributed by atoms with Gasteiger partial charge in [0.2, 0.25) is 5.91 Å². The standard InChI is InChI=1S/C15H25N3O2/c1-4-18(14-7-5-6-12(14)9-16)15(19)8-13-10(2)17-20-11(13)3/h12,14H,4-9,16H2,1-3H3. The van der Waals surface area contributed by atoms with Gasteiger partial charge in [-0.3, -0.25) is 4.79 Å². The van der Waals surface area contributed by atoms with Crippen molar-refractivity contribution in [2.75, 3.05) is 13.1 Å². The molecule has 2 N–H and O–H groups in total. The maximum Gasteiger partial charge on any atom is 0.227 e. The third-order valence-corrected chi connectivity index (χ3v) is 4.49. The molecule has 0 saturated heterocycles. The van der Waals surface area contributed by atoms with E-state index in [2.05, 4.69) is 5.16 Å². The van der Waals surface area contributed by atoms with Crippen LogP contribution in [0.25, 0.3) is 0 Å². The van der Waals surface area contributed by atoms with Crippen LogP contribution in [-0.4, -0.2) is 35.1 Å². The average molecular weight is 279 g/mol. The van der Waals surface area contributed by atoms with Gasteiger partial charge in [-0.1, -0.05) is 11.6 Å². The van der Waals surface area contributed by atoms with Crippen molar-refractivity contribution in [2.45, 2.75) is 52.5 Å². The zero-order chi connectivity index (χ0) is 14.7. The van der Waals surface area contributed by atoms with Gasteiger partial charge in [0, 0.05) is 18.2 Å². The molecule has 0 aromatic carbocycles. The average Bonchev–Trinajstić information content (AvgIpc) is 3.01. The molecule has 0 radical (unpaired) electrons. The molecule has 2 atom stereocenters. The summed E-state index contributed by atoms with van der Waals surface area (Å²) in [5, 5.41) is 3.92. The highest BCUT2D eigenvalue weighted by atomic mass is 16.5. The number of amides is 1. The first-order chi connectivity index (χ1) is 9.58. The number of nitrogens with zero attached hydrogens (tertiary/aromatic N) is 2. The van der Waals surface area contributed by atoms with E-state index in [0.717, 1.165) is 36.4 Å². The highest BCUT2D eigenvalue weighted by molar-refractivity contribution is 5.79. The molecule has 0 bridgehead atoms. The molecular formula is C15H25N3O2. The van der Waals surface area contributed by atoms with Crippen molar-refractivity contribution in [3.8, 4) is 0 Å². The van der Waals surface area contributed by atoms with Gasteiger partial charge in [-0.05, 0) is 46.1 Å². The molecule has 1 saturated carbocycles. The third-order valence-electron chi connectivity index (χ3n) is 4.49. The van der Waals surface area contributed by atoms with Crippen LogP contribution < -0.4 is 5.73 Å². The zero-order valence-corrected chi connectivity index (χ0v) is 12.7. The Kier molecular flexibility index (Phi) is 4.81. The van der Waals surface area contributed by atoms with Crippen molar-refractivity contribution in [1.29, 1.82) is 0 Å². The van der Waals surface area contributed by atoms with Crippen molar-refractivity contribution < 1.29 is 9.32 Å². The van der Waals surface area contributed by atoms with E-state index in [9.17, 15) is 4.79 Å². The lowest BCUT2D eigenvalue weighted by Crippen LogP contribution is -2.44. The van der Waals surface area contributed by atoms with E-state index in [1.54, 1.807) is 0 Å². The minimum Gasteiger partial charge on any atom is -0.361 e. The van der Waals surface area contributed by atoms with Gasteiger partial charge in [-0.2, -0.15) is 0 Å². The second kappa shape index (κ2) is 6.39. The van der Waals surface area contributed by atoms with Crippen LogP contribution in [0.15, 0.2) is 4.52 Å². The van der Waals surface area contributed by atoms with Crippen LogP contribution in [0.2, 0.25) is 0 Å². The molecule has 1 heterocycles. The van der Waals surface area contributed by atoms with Crippen LogP contribution >= 0.6 is 0 Å². The Balaban J connectivity index is 2.10. The van der Waals surface area contributed by atoms with Gasteiger partial charge in [-0.25, -0.2) is 0 Å². The minimum absolute atomic E-state index is 0.159. The summed E-state index contributed by atoms with van der Waals surface area (Å²) in [5.74, 6) is 1.35. The Bertz CT molecular complexity index is 450. The number of nitrogens with two attached hydrogens (primary N) is 1. The Hall–Kier alpha value is -1.36. The van der Waals surface area contributed by atoms with Crippen molar-refractivity contribution in [2.24, 2.45) is 11.7 Å². The van der Waals surface area contributed by atoms with Crippen LogP contribution in [0.1, 0.15) is 43.2 Å². The number of hydrogen-bond acceptors (Lipinski definition) is 4. The highest BCUT2D eigenvalue weighted by Crippen LogP contribution is 2.29. The van der Waals surface area contributed by atoms with Crippen molar-refractivity contribution >= 4 is 5.91 Å². The number of aryl methyl sites for hydroxylation is 2. The van der Waals surface area contributed by atoms with E-state index < -0.39 is 0 Å². The number of carbonyl (C=O) groups excluding carboxylic acids is 1. The Morgan fingerprint density at radius 1 is 1.45 bits per heavy atom. The summed E-state index contributed by atoms with van der Waals surface area (Å²) < 4.78 is 5.14. The lowest BCUT2D eigenvalue weighted by atomic mass is 10.0. The molecule has 0 aliphatic heterocycles. The molecule has 1 aromatic heterocycles. The second-order valence-corrected chi connectivity index (χ2v) is 5.65. The lowest BCUT2D eigenvalue weighted by molar-refractivity contribution is -0.133. The lowest BCUT2D eigenvalue weighted by Gasteiger charge is -2.32. The van der Waals surface area contributed by atoms with Crippen molar-refractivity contribution in [1.82, 2.24) is 10.1 Å². The summed E-state index contributed by atoms with van der Waals surface area (Å²) in [4.78, 5) is 14.6. The Morgan fingerprint density at radius 3 is 2.75 bits per heavy atom.